The number of aromatic nitrogens is 4. The quantitative estimate of drug-likeness (QED) is 0.867. The largest absolute Gasteiger partial charge is 0.346 e. The molecule has 0 radical (unpaired) electrons. The number of hydrogen-bond donors (Lipinski definition) is 2. The average Bonchev–Trinajstić information content (AvgIpc) is 2.99. The third kappa shape index (κ3) is 2.95. The predicted octanol–water partition coefficient (Wildman–Crippen LogP) is 0.674. The molecule has 8 heteroatoms. The Morgan fingerprint density at radius 1 is 1.45 bits per heavy atom. The lowest BCUT2D eigenvalue weighted by atomic mass is 9.96. The van der Waals surface area contributed by atoms with Crippen molar-refractivity contribution in [3.63, 3.8) is 0 Å². The SMILES string of the molecule is CN1CCC(C(=O)Nc2n[nH]c(-c3ccccn3)n2)CC1=O. The number of aromatic amines is 1. The van der Waals surface area contributed by atoms with Crippen LogP contribution in [-0.4, -0.2) is 50.5 Å². The van der Waals surface area contributed by atoms with Crippen molar-refractivity contribution in [2.24, 2.45) is 5.92 Å². The second-order valence-corrected chi connectivity index (χ2v) is 5.22. The molecule has 1 fully saturated rings. The first kappa shape index (κ1) is 14.2. The zero-order chi connectivity index (χ0) is 15.5. The number of H-pyrrole nitrogens is 1. The number of likely N-dealkylation sites (tertiary alicyclic amines) is 1. The summed E-state index contributed by atoms with van der Waals surface area (Å²) in [5, 5.41) is 9.34. The second-order valence-electron chi connectivity index (χ2n) is 5.22. The van der Waals surface area contributed by atoms with Crippen LogP contribution in [0.3, 0.4) is 0 Å². The number of nitrogens with one attached hydrogen (secondary N) is 2. The number of amides is 2. The Balaban J connectivity index is 1.65. The average molecular weight is 300 g/mol. The minimum Gasteiger partial charge on any atom is -0.346 e. The monoisotopic (exact) mass is 300 g/mol. The van der Waals surface area contributed by atoms with Gasteiger partial charge in [-0.15, -0.1) is 5.10 Å². The smallest absolute Gasteiger partial charge is 0.249 e. The fourth-order valence-corrected chi connectivity index (χ4v) is 2.31. The molecule has 8 nitrogen and oxygen atoms in total. The van der Waals surface area contributed by atoms with Crippen molar-refractivity contribution in [1.29, 1.82) is 0 Å². The van der Waals surface area contributed by atoms with Crippen molar-refractivity contribution in [3.05, 3.63) is 24.4 Å². The molecule has 2 amide bonds. The van der Waals surface area contributed by atoms with E-state index < -0.39 is 0 Å². The molecular weight excluding hydrogens is 284 g/mol. The van der Waals surface area contributed by atoms with Crippen LogP contribution in [0.2, 0.25) is 0 Å². The van der Waals surface area contributed by atoms with Crippen molar-refractivity contribution >= 4 is 17.8 Å². The Labute approximate surface area is 127 Å². The van der Waals surface area contributed by atoms with Crippen LogP contribution in [0.5, 0.6) is 0 Å². The summed E-state index contributed by atoms with van der Waals surface area (Å²) in [6.07, 6.45) is 2.52. The van der Waals surface area contributed by atoms with Gasteiger partial charge in [0.25, 0.3) is 0 Å². The van der Waals surface area contributed by atoms with E-state index in [0.29, 0.717) is 24.5 Å². The first-order valence-corrected chi connectivity index (χ1v) is 7.02. The van der Waals surface area contributed by atoms with Gasteiger partial charge in [-0.3, -0.25) is 25.0 Å². The van der Waals surface area contributed by atoms with Gasteiger partial charge in [-0.2, -0.15) is 4.98 Å². The van der Waals surface area contributed by atoms with E-state index in [1.54, 1.807) is 30.3 Å². The number of nitrogens with zero attached hydrogens (tertiary/aromatic N) is 4. The molecule has 0 bridgehead atoms. The lowest BCUT2D eigenvalue weighted by molar-refractivity contribution is -0.137. The van der Waals surface area contributed by atoms with E-state index in [1.807, 2.05) is 6.07 Å². The third-order valence-electron chi connectivity index (χ3n) is 3.66. The van der Waals surface area contributed by atoms with Crippen molar-refractivity contribution in [3.8, 4) is 11.5 Å². The first-order valence-electron chi connectivity index (χ1n) is 7.02. The number of hydrogen-bond acceptors (Lipinski definition) is 5. The number of carbonyl (C=O) groups excluding carboxylic acids is 2. The molecule has 2 aromatic rings. The van der Waals surface area contributed by atoms with Crippen molar-refractivity contribution in [2.75, 3.05) is 18.9 Å². The van der Waals surface area contributed by atoms with Crippen molar-refractivity contribution in [1.82, 2.24) is 25.1 Å². The van der Waals surface area contributed by atoms with Crippen LogP contribution in [0, 0.1) is 5.92 Å². The summed E-state index contributed by atoms with van der Waals surface area (Å²) in [7, 11) is 1.74. The predicted molar refractivity (Wildman–Crippen MR) is 78.6 cm³/mol. The molecule has 114 valence electrons. The van der Waals surface area contributed by atoms with Gasteiger partial charge < -0.3 is 4.90 Å². The Kier molecular flexibility index (Phi) is 3.82. The Hall–Kier alpha value is -2.77. The molecule has 1 saturated heterocycles. The molecule has 0 aliphatic carbocycles. The fraction of sp³-hybridized carbons (Fsp3) is 0.357. The number of carbonyl (C=O) groups is 2. The Bertz CT molecular complexity index is 684. The second kappa shape index (κ2) is 5.92. The van der Waals surface area contributed by atoms with Gasteiger partial charge in [-0.05, 0) is 18.6 Å². The van der Waals surface area contributed by atoms with Gasteiger partial charge in [-0.25, -0.2) is 0 Å². The molecular formula is C14H16N6O2. The number of anilines is 1. The van der Waals surface area contributed by atoms with Crippen LogP contribution in [0.15, 0.2) is 24.4 Å². The van der Waals surface area contributed by atoms with Gasteiger partial charge in [0, 0.05) is 32.1 Å². The summed E-state index contributed by atoms with van der Waals surface area (Å²) in [4.78, 5) is 33.8. The lowest BCUT2D eigenvalue weighted by Crippen LogP contribution is -2.40. The molecule has 1 aliphatic rings. The van der Waals surface area contributed by atoms with Crippen LogP contribution in [-0.2, 0) is 9.59 Å². The molecule has 3 heterocycles. The van der Waals surface area contributed by atoms with E-state index in [-0.39, 0.29) is 30.1 Å². The van der Waals surface area contributed by atoms with E-state index in [4.69, 9.17) is 0 Å². The van der Waals surface area contributed by atoms with Crippen LogP contribution in [0.1, 0.15) is 12.8 Å². The van der Waals surface area contributed by atoms with Crippen molar-refractivity contribution in [2.45, 2.75) is 12.8 Å². The van der Waals surface area contributed by atoms with E-state index in [2.05, 4.69) is 25.5 Å². The zero-order valence-corrected chi connectivity index (χ0v) is 12.1. The fourth-order valence-electron chi connectivity index (χ4n) is 2.31. The van der Waals surface area contributed by atoms with Crippen LogP contribution in [0.25, 0.3) is 11.5 Å². The molecule has 1 unspecified atom stereocenters. The summed E-state index contributed by atoms with van der Waals surface area (Å²) in [6, 6.07) is 5.44. The van der Waals surface area contributed by atoms with Crippen LogP contribution < -0.4 is 5.32 Å². The highest BCUT2D eigenvalue weighted by Crippen LogP contribution is 2.19. The summed E-state index contributed by atoms with van der Waals surface area (Å²) in [6.45, 7) is 0.587. The molecule has 2 aromatic heterocycles. The molecule has 0 saturated carbocycles. The van der Waals surface area contributed by atoms with Gasteiger partial charge in [-0.1, -0.05) is 6.07 Å². The summed E-state index contributed by atoms with van der Waals surface area (Å²) in [5.74, 6) is 0.0940. The highest BCUT2D eigenvalue weighted by Gasteiger charge is 2.29. The van der Waals surface area contributed by atoms with Crippen molar-refractivity contribution < 1.29 is 9.59 Å². The maximum atomic E-state index is 12.2. The molecule has 1 atom stereocenters. The molecule has 0 spiro atoms. The van der Waals surface area contributed by atoms with Crippen LogP contribution in [0.4, 0.5) is 5.95 Å². The minimum absolute atomic E-state index is 0.0180. The summed E-state index contributed by atoms with van der Waals surface area (Å²) < 4.78 is 0. The lowest BCUT2D eigenvalue weighted by Gasteiger charge is -2.27. The highest BCUT2D eigenvalue weighted by molar-refractivity contribution is 5.94. The van der Waals surface area contributed by atoms with E-state index in [0.717, 1.165) is 0 Å². The molecule has 0 aromatic carbocycles. The number of piperidine rings is 1. The number of pyridine rings is 1. The third-order valence-corrected chi connectivity index (χ3v) is 3.66. The van der Waals surface area contributed by atoms with Gasteiger partial charge >= 0.3 is 0 Å². The molecule has 22 heavy (non-hydrogen) atoms. The molecule has 2 N–H and O–H groups in total. The normalized spacial score (nSPS) is 18.3. The zero-order valence-electron chi connectivity index (χ0n) is 12.1. The van der Waals surface area contributed by atoms with Gasteiger partial charge in [0.15, 0.2) is 5.82 Å². The summed E-state index contributed by atoms with van der Waals surface area (Å²) >= 11 is 0. The van der Waals surface area contributed by atoms with Gasteiger partial charge in [0.05, 0.1) is 0 Å². The summed E-state index contributed by atoms with van der Waals surface area (Å²) in [5.41, 5.74) is 0.643. The minimum atomic E-state index is -0.333. The first-order chi connectivity index (χ1) is 10.6. The van der Waals surface area contributed by atoms with E-state index in [1.165, 1.54) is 0 Å². The molecule has 1 aliphatic heterocycles. The molecule has 3 rings (SSSR count). The highest BCUT2D eigenvalue weighted by atomic mass is 16.2. The maximum absolute atomic E-state index is 12.2. The van der Waals surface area contributed by atoms with E-state index in [9.17, 15) is 9.59 Å². The standard InChI is InChI=1S/C14H16N6O2/c1-20-7-5-9(8-11(20)21)13(22)17-14-16-12(18-19-14)10-4-2-3-6-15-10/h2-4,6,9H,5,7-8H2,1H3,(H2,16,17,18,19,22). The Morgan fingerprint density at radius 3 is 3.05 bits per heavy atom. The van der Waals surface area contributed by atoms with Crippen LogP contribution >= 0.6 is 0 Å². The topological polar surface area (TPSA) is 104 Å². The van der Waals surface area contributed by atoms with Gasteiger partial charge in [0.2, 0.25) is 17.8 Å². The van der Waals surface area contributed by atoms with Gasteiger partial charge in [0.1, 0.15) is 5.69 Å². The number of rotatable bonds is 3. The maximum Gasteiger partial charge on any atom is 0.249 e. The Morgan fingerprint density at radius 2 is 2.32 bits per heavy atom. The van der Waals surface area contributed by atoms with E-state index >= 15 is 0 Å².